The van der Waals surface area contributed by atoms with Crippen LogP contribution in [0.15, 0.2) is 12.5 Å². The molecule has 1 aromatic heterocycles. The fourth-order valence-corrected chi connectivity index (χ4v) is 2.29. The van der Waals surface area contributed by atoms with Crippen molar-refractivity contribution in [3.8, 4) is 0 Å². The Morgan fingerprint density at radius 2 is 1.92 bits per heavy atom. The van der Waals surface area contributed by atoms with Crippen molar-refractivity contribution in [2.24, 2.45) is 24.2 Å². The van der Waals surface area contributed by atoms with Gasteiger partial charge in [0, 0.05) is 19.7 Å². The lowest BCUT2D eigenvalue weighted by Gasteiger charge is -2.21. The first-order chi connectivity index (χ1) is 11.9. The number of rotatable bonds is 11. The van der Waals surface area contributed by atoms with E-state index in [0.717, 1.165) is 6.42 Å². The number of carbonyl (C=O) groups is 3. The van der Waals surface area contributed by atoms with E-state index in [4.69, 9.17) is 17.2 Å². The number of aryl methyl sites for hydroxylation is 1. The standard InChI is InChI=1S/C15H27N7O3/c1-22-8-10(19-9-22)6-12(20-13(23)7-17)15(25)21-11(14(18)24)4-2-3-5-16/h8-9,11-12H,2-7,16-17H2,1H3,(H2,18,24)(H,20,23)(H,21,25)/t11-,12-/m0/s1. The second-order valence-electron chi connectivity index (χ2n) is 5.81. The van der Waals surface area contributed by atoms with Crippen LogP contribution in [0, 0.1) is 0 Å². The molecule has 8 N–H and O–H groups in total. The van der Waals surface area contributed by atoms with Crippen molar-refractivity contribution in [3.63, 3.8) is 0 Å². The van der Waals surface area contributed by atoms with Crippen molar-refractivity contribution in [1.29, 1.82) is 0 Å². The number of nitrogens with one attached hydrogen (secondary N) is 2. The predicted octanol–water partition coefficient (Wildman–Crippen LogP) is -2.49. The Labute approximate surface area is 146 Å². The minimum absolute atomic E-state index is 0.173. The molecule has 3 amide bonds. The minimum Gasteiger partial charge on any atom is -0.368 e. The number of nitrogens with zero attached hydrogens (tertiary/aromatic N) is 2. The van der Waals surface area contributed by atoms with E-state index in [1.807, 2.05) is 0 Å². The third-order valence-corrected chi connectivity index (χ3v) is 3.62. The quantitative estimate of drug-likeness (QED) is 0.275. The average molecular weight is 353 g/mol. The van der Waals surface area contributed by atoms with E-state index in [-0.39, 0.29) is 13.0 Å². The van der Waals surface area contributed by atoms with Gasteiger partial charge < -0.3 is 32.4 Å². The number of primary amides is 1. The number of hydrogen-bond donors (Lipinski definition) is 5. The average Bonchev–Trinajstić information content (AvgIpc) is 2.98. The third-order valence-electron chi connectivity index (χ3n) is 3.62. The van der Waals surface area contributed by atoms with Crippen LogP contribution < -0.4 is 27.8 Å². The molecule has 0 aliphatic rings. The SMILES string of the molecule is Cn1cnc(C[C@H](NC(=O)CN)C(=O)N[C@@H](CCCCN)C(N)=O)c1. The van der Waals surface area contributed by atoms with Crippen LogP contribution in [0.1, 0.15) is 25.0 Å². The molecule has 0 radical (unpaired) electrons. The molecular weight excluding hydrogens is 326 g/mol. The highest BCUT2D eigenvalue weighted by Crippen LogP contribution is 2.04. The largest absolute Gasteiger partial charge is 0.368 e. The highest BCUT2D eigenvalue weighted by atomic mass is 16.2. The molecule has 2 atom stereocenters. The molecule has 1 rings (SSSR count). The topological polar surface area (TPSA) is 171 Å². The van der Waals surface area contributed by atoms with E-state index >= 15 is 0 Å². The van der Waals surface area contributed by atoms with E-state index in [2.05, 4.69) is 15.6 Å². The zero-order chi connectivity index (χ0) is 18.8. The Hall–Kier alpha value is -2.46. The highest BCUT2D eigenvalue weighted by molar-refractivity contribution is 5.92. The minimum atomic E-state index is -0.901. The molecule has 140 valence electrons. The summed E-state index contributed by atoms with van der Waals surface area (Å²) in [5, 5.41) is 5.13. The Bertz CT molecular complexity index is 587. The molecule has 0 saturated carbocycles. The summed E-state index contributed by atoms with van der Waals surface area (Å²) in [4.78, 5) is 39.8. The fraction of sp³-hybridized carbons (Fsp3) is 0.600. The van der Waals surface area contributed by atoms with Gasteiger partial charge in [-0.25, -0.2) is 4.98 Å². The van der Waals surface area contributed by atoms with E-state index < -0.39 is 29.8 Å². The summed E-state index contributed by atoms with van der Waals surface area (Å²) in [5.41, 5.74) is 16.7. The van der Waals surface area contributed by atoms with Crippen molar-refractivity contribution >= 4 is 17.7 Å². The molecular formula is C15H27N7O3. The predicted molar refractivity (Wildman–Crippen MR) is 91.9 cm³/mol. The van der Waals surface area contributed by atoms with E-state index in [0.29, 0.717) is 25.1 Å². The second-order valence-corrected chi connectivity index (χ2v) is 5.81. The molecule has 1 heterocycles. The van der Waals surface area contributed by atoms with Crippen LogP contribution in [0.25, 0.3) is 0 Å². The summed E-state index contributed by atoms with van der Waals surface area (Å²) in [6.45, 7) is 0.246. The van der Waals surface area contributed by atoms with Gasteiger partial charge in [0.25, 0.3) is 0 Å². The first kappa shape index (κ1) is 20.6. The molecule has 0 aliphatic carbocycles. The number of carbonyl (C=O) groups excluding carboxylic acids is 3. The van der Waals surface area contributed by atoms with Crippen LogP contribution in [0.2, 0.25) is 0 Å². The van der Waals surface area contributed by atoms with Crippen LogP contribution in [0.4, 0.5) is 0 Å². The fourth-order valence-electron chi connectivity index (χ4n) is 2.29. The van der Waals surface area contributed by atoms with Gasteiger partial charge in [-0.1, -0.05) is 0 Å². The molecule has 0 saturated heterocycles. The number of hydrogen-bond acceptors (Lipinski definition) is 6. The summed E-state index contributed by atoms with van der Waals surface area (Å²) in [7, 11) is 1.80. The van der Waals surface area contributed by atoms with Crippen molar-refractivity contribution in [2.45, 2.75) is 37.8 Å². The van der Waals surface area contributed by atoms with Crippen LogP contribution in [-0.2, 0) is 27.9 Å². The number of nitrogens with two attached hydrogens (primary N) is 3. The van der Waals surface area contributed by atoms with Crippen LogP contribution >= 0.6 is 0 Å². The van der Waals surface area contributed by atoms with Crippen molar-refractivity contribution in [1.82, 2.24) is 20.2 Å². The lowest BCUT2D eigenvalue weighted by Crippen LogP contribution is -2.54. The lowest BCUT2D eigenvalue weighted by molar-refractivity contribution is -0.131. The van der Waals surface area contributed by atoms with Gasteiger partial charge in [0.15, 0.2) is 0 Å². The van der Waals surface area contributed by atoms with Crippen molar-refractivity contribution in [2.75, 3.05) is 13.1 Å². The number of imidazole rings is 1. The smallest absolute Gasteiger partial charge is 0.243 e. The molecule has 0 unspecified atom stereocenters. The summed E-state index contributed by atoms with van der Waals surface area (Å²) in [6, 6.07) is -1.72. The van der Waals surface area contributed by atoms with E-state index in [1.54, 1.807) is 24.1 Å². The van der Waals surface area contributed by atoms with E-state index in [1.165, 1.54) is 0 Å². The molecule has 25 heavy (non-hydrogen) atoms. The second kappa shape index (κ2) is 10.4. The Morgan fingerprint density at radius 3 is 2.44 bits per heavy atom. The summed E-state index contributed by atoms with van der Waals surface area (Å²) >= 11 is 0. The zero-order valence-corrected chi connectivity index (χ0v) is 14.4. The molecule has 0 aliphatic heterocycles. The van der Waals surface area contributed by atoms with Crippen molar-refractivity contribution in [3.05, 3.63) is 18.2 Å². The lowest BCUT2D eigenvalue weighted by atomic mass is 10.1. The van der Waals surface area contributed by atoms with Crippen LogP contribution in [0.3, 0.4) is 0 Å². The Morgan fingerprint density at radius 1 is 1.20 bits per heavy atom. The summed E-state index contributed by atoms with van der Waals surface area (Å²) in [5.74, 6) is -1.62. The van der Waals surface area contributed by atoms with Gasteiger partial charge in [-0.15, -0.1) is 0 Å². The summed E-state index contributed by atoms with van der Waals surface area (Å²) in [6.07, 6.45) is 5.27. The Kier molecular flexibility index (Phi) is 8.57. The van der Waals surface area contributed by atoms with Gasteiger partial charge in [-0.3, -0.25) is 14.4 Å². The van der Waals surface area contributed by atoms with Gasteiger partial charge in [0.1, 0.15) is 12.1 Å². The van der Waals surface area contributed by atoms with Gasteiger partial charge in [-0.2, -0.15) is 0 Å². The maximum Gasteiger partial charge on any atom is 0.243 e. The molecule has 0 fully saturated rings. The van der Waals surface area contributed by atoms with Gasteiger partial charge in [0.2, 0.25) is 17.7 Å². The van der Waals surface area contributed by atoms with Crippen molar-refractivity contribution < 1.29 is 14.4 Å². The van der Waals surface area contributed by atoms with Crippen LogP contribution in [0.5, 0.6) is 0 Å². The summed E-state index contributed by atoms with van der Waals surface area (Å²) < 4.78 is 1.73. The number of aromatic nitrogens is 2. The van der Waals surface area contributed by atoms with Gasteiger partial charge >= 0.3 is 0 Å². The maximum atomic E-state index is 12.5. The maximum absolute atomic E-state index is 12.5. The molecule has 1 aromatic rings. The Balaban J connectivity index is 2.78. The molecule has 0 bridgehead atoms. The number of amides is 3. The molecule has 0 aromatic carbocycles. The van der Waals surface area contributed by atoms with Crippen LogP contribution in [-0.4, -0.2) is 52.4 Å². The van der Waals surface area contributed by atoms with Gasteiger partial charge in [-0.05, 0) is 25.8 Å². The first-order valence-electron chi connectivity index (χ1n) is 8.13. The molecule has 0 spiro atoms. The third kappa shape index (κ3) is 7.31. The highest BCUT2D eigenvalue weighted by Gasteiger charge is 2.26. The van der Waals surface area contributed by atoms with E-state index in [9.17, 15) is 14.4 Å². The first-order valence-corrected chi connectivity index (χ1v) is 8.13. The normalized spacial score (nSPS) is 13.1. The zero-order valence-electron chi connectivity index (χ0n) is 14.4. The number of unbranched alkanes of at least 4 members (excludes halogenated alkanes) is 1. The monoisotopic (exact) mass is 353 g/mol. The molecule has 10 nitrogen and oxygen atoms in total. The van der Waals surface area contributed by atoms with Gasteiger partial charge in [0.05, 0.1) is 18.6 Å². The molecule has 10 heteroatoms.